The molecule has 0 bridgehead atoms. The summed E-state index contributed by atoms with van der Waals surface area (Å²) in [5.74, 6) is 0.833. The molecule has 1 atom stereocenters. The highest BCUT2D eigenvalue weighted by Gasteiger charge is 2.24. The second kappa shape index (κ2) is 8.06. The number of hydrogen-bond acceptors (Lipinski definition) is 4. The van der Waals surface area contributed by atoms with Gasteiger partial charge in [0, 0.05) is 20.1 Å². The summed E-state index contributed by atoms with van der Waals surface area (Å²) in [7, 11) is 3.22. The monoisotopic (exact) mass is 431 g/mol. The van der Waals surface area contributed by atoms with Crippen LogP contribution in [0.5, 0.6) is 0 Å². The summed E-state index contributed by atoms with van der Waals surface area (Å²) < 4.78 is 4.69. The van der Waals surface area contributed by atoms with Crippen molar-refractivity contribution in [2.75, 3.05) is 6.54 Å². The molecule has 2 aromatic carbocycles. The number of rotatable bonds is 4. The molecule has 0 spiro atoms. The Morgan fingerprint density at radius 1 is 0.969 bits per heavy atom. The fourth-order valence-corrected chi connectivity index (χ4v) is 4.96. The van der Waals surface area contributed by atoms with Crippen LogP contribution in [0.2, 0.25) is 0 Å². The number of likely N-dealkylation sites (tertiary alicyclic amines) is 1. The van der Waals surface area contributed by atoms with E-state index in [0.29, 0.717) is 30.3 Å². The molecule has 1 unspecified atom stereocenters. The maximum Gasteiger partial charge on any atom is 0.332 e. The first kappa shape index (κ1) is 20.7. The minimum Gasteiger partial charge on any atom is -0.317 e. The lowest BCUT2D eigenvalue weighted by Crippen LogP contribution is -2.38. The molecular weight excluding hydrogens is 402 g/mol. The Labute approximate surface area is 186 Å². The van der Waals surface area contributed by atoms with E-state index < -0.39 is 0 Å². The highest BCUT2D eigenvalue weighted by Crippen LogP contribution is 2.24. The third kappa shape index (κ3) is 3.37. The quantitative estimate of drug-likeness (QED) is 0.498. The molecule has 32 heavy (non-hydrogen) atoms. The minimum absolute atomic E-state index is 0.297. The molecule has 1 aliphatic rings. The lowest BCUT2D eigenvalue weighted by molar-refractivity contribution is 0.147. The van der Waals surface area contributed by atoms with Gasteiger partial charge in [0.15, 0.2) is 11.2 Å². The molecule has 0 amide bonds. The van der Waals surface area contributed by atoms with E-state index in [-0.39, 0.29) is 11.2 Å². The molecule has 0 radical (unpaired) electrons. The van der Waals surface area contributed by atoms with Gasteiger partial charge in [0.25, 0.3) is 5.56 Å². The van der Waals surface area contributed by atoms with Crippen LogP contribution >= 0.6 is 0 Å². The summed E-state index contributed by atoms with van der Waals surface area (Å²) >= 11 is 0. The Bertz CT molecular complexity index is 1420. The van der Waals surface area contributed by atoms with E-state index in [4.69, 9.17) is 4.98 Å². The topological polar surface area (TPSA) is 65.1 Å². The molecule has 3 heterocycles. The normalized spacial score (nSPS) is 17.4. The first-order chi connectivity index (χ1) is 15.5. The minimum atomic E-state index is -0.352. The van der Waals surface area contributed by atoms with E-state index in [0.717, 1.165) is 23.3 Å². The SMILES string of the molecule is CC1CCCCN1Cc1nc2c(c(=O)n(C)c(=O)n2C)n1Cc1cccc2ccccc12. The smallest absolute Gasteiger partial charge is 0.317 e. The molecule has 5 rings (SSSR count). The molecule has 1 saturated heterocycles. The number of aryl methyl sites for hydroxylation is 1. The highest BCUT2D eigenvalue weighted by atomic mass is 16.2. The fraction of sp³-hybridized carbons (Fsp3) is 0.400. The molecule has 2 aromatic heterocycles. The number of piperidine rings is 1. The van der Waals surface area contributed by atoms with Crippen molar-refractivity contribution in [1.29, 1.82) is 0 Å². The summed E-state index contributed by atoms with van der Waals surface area (Å²) in [5, 5.41) is 2.33. The maximum atomic E-state index is 13.2. The highest BCUT2D eigenvalue weighted by molar-refractivity contribution is 5.85. The van der Waals surface area contributed by atoms with Gasteiger partial charge < -0.3 is 4.57 Å². The van der Waals surface area contributed by atoms with Gasteiger partial charge >= 0.3 is 5.69 Å². The van der Waals surface area contributed by atoms with Gasteiger partial charge in [0.1, 0.15) is 5.82 Å². The Hall–Kier alpha value is -3.19. The summed E-state index contributed by atoms with van der Waals surface area (Å²) in [6.07, 6.45) is 3.59. The van der Waals surface area contributed by atoms with Crippen LogP contribution in [0.15, 0.2) is 52.1 Å². The summed E-state index contributed by atoms with van der Waals surface area (Å²) in [5.41, 5.74) is 1.43. The van der Waals surface area contributed by atoms with Crippen LogP contribution in [0.1, 0.15) is 37.6 Å². The molecule has 4 aromatic rings. The zero-order valence-electron chi connectivity index (χ0n) is 18.9. The van der Waals surface area contributed by atoms with Crippen molar-refractivity contribution in [3.63, 3.8) is 0 Å². The largest absolute Gasteiger partial charge is 0.332 e. The van der Waals surface area contributed by atoms with Crippen LogP contribution in [0.3, 0.4) is 0 Å². The predicted octanol–water partition coefficient (Wildman–Crippen LogP) is 3.01. The standard InChI is InChI=1S/C25H29N5O2/c1-17-9-6-7-14-29(17)16-21-26-23-22(24(31)28(3)25(32)27(23)2)30(21)15-19-12-8-11-18-10-4-5-13-20(18)19/h4-5,8,10-13,17H,6-7,9,14-16H2,1-3H3. The Balaban J connectivity index is 1.71. The van der Waals surface area contributed by atoms with Gasteiger partial charge in [0.2, 0.25) is 0 Å². The number of benzene rings is 2. The summed E-state index contributed by atoms with van der Waals surface area (Å²) in [6.45, 7) is 4.47. The second-order valence-electron chi connectivity index (χ2n) is 8.95. The number of nitrogens with zero attached hydrogens (tertiary/aromatic N) is 5. The van der Waals surface area contributed by atoms with Gasteiger partial charge in [-0.25, -0.2) is 9.78 Å². The second-order valence-corrected chi connectivity index (χ2v) is 8.95. The molecule has 0 N–H and O–H groups in total. The van der Waals surface area contributed by atoms with Crippen molar-refractivity contribution in [3.8, 4) is 0 Å². The fourth-order valence-electron chi connectivity index (χ4n) is 4.96. The lowest BCUT2D eigenvalue weighted by Gasteiger charge is -2.33. The van der Waals surface area contributed by atoms with Crippen molar-refractivity contribution in [1.82, 2.24) is 23.6 Å². The summed E-state index contributed by atoms with van der Waals surface area (Å²) in [6, 6.07) is 15.0. The van der Waals surface area contributed by atoms with E-state index in [1.807, 2.05) is 16.7 Å². The first-order valence-electron chi connectivity index (χ1n) is 11.3. The third-order valence-electron chi connectivity index (χ3n) is 6.92. The van der Waals surface area contributed by atoms with E-state index in [1.165, 1.54) is 40.8 Å². The van der Waals surface area contributed by atoms with Gasteiger partial charge in [-0.05, 0) is 42.6 Å². The van der Waals surface area contributed by atoms with Gasteiger partial charge in [-0.2, -0.15) is 0 Å². The molecule has 7 nitrogen and oxygen atoms in total. The molecular formula is C25H29N5O2. The molecule has 0 aliphatic carbocycles. The molecule has 166 valence electrons. The molecule has 7 heteroatoms. The van der Waals surface area contributed by atoms with Gasteiger partial charge in [0.05, 0.1) is 13.1 Å². The Kier molecular flexibility index (Phi) is 5.21. The van der Waals surface area contributed by atoms with Crippen LogP contribution in [0, 0.1) is 0 Å². The first-order valence-corrected chi connectivity index (χ1v) is 11.3. The van der Waals surface area contributed by atoms with Crippen molar-refractivity contribution in [2.45, 2.75) is 45.3 Å². The Morgan fingerprint density at radius 2 is 1.75 bits per heavy atom. The van der Waals surface area contributed by atoms with Crippen LogP contribution in [-0.4, -0.2) is 36.2 Å². The molecule has 1 aliphatic heterocycles. The number of fused-ring (bicyclic) bond motifs is 2. The van der Waals surface area contributed by atoms with Crippen molar-refractivity contribution in [2.24, 2.45) is 14.1 Å². The number of imidazole rings is 1. The van der Waals surface area contributed by atoms with E-state index >= 15 is 0 Å². The van der Waals surface area contributed by atoms with E-state index in [2.05, 4.69) is 42.2 Å². The van der Waals surface area contributed by atoms with Crippen LogP contribution in [0.25, 0.3) is 21.9 Å². The average Bonchev–Trinajstić information content (AvgIpc) is 3.16. The number of hydrogen-bond donors (Lipinski definition) is 0. The third-order valence-corrected chi connectivity index (χ3v) is 6.92. The zero-order chi connectivity index (χ0) is 22.4. The van der Waals surface area contributed by atoms with Gasteiger partial charge in [-0.15, -0.1) is 0 Å². The summed E-state index contributed by atoms with van der Waals surface area (Å²) in [4.78, 5) is 33.1. The lowest BCUT2D eigenvalue weighted by atomic mass is 10.0. The molecule has 1 fully saturated rings. The van der Waals surface area contributed by atoms with Crippen LogP contribution in [-0.2, 0) is 27.2 Å². The Morgan fingerprint density at radius 3 is 2.56 bits per heavy atom. The van der Waals surface area contributed by atoms with Crippen LogP contribution in [0.4, 0.5) is 0 Å². The average molecular weight is 432 g/mol. The van der Waals surface area contributed by atoms with Crippen LogP contribution < -0.4 is 11.2 Å². The van der Waals surface area contributed by atoms with Gasteiger partial charge in [-0.1, -0.05) is 48.9 Å². The molecule has 0 saturated carbocycles. The number of aromatic nitrogens is 4. The van der Waals surface area contributed by atoms with Gasteiger partial charge in [-0.3, -0.25) is 18.8 Å². The van der Waals surface area contributed by atoms with Crippen molar-refractivity contribution >= 4 is 21.9 Å². The van der Waals surface area contributed by atoms with E-state index in [1.54, 1.807) is 7.05 Å². The van der Waals surface area contributed by atoms with Crippen molar-refractivity contribution in [3.05, 3.63) is 74.7 Å². The van der Waals surface area contributed by atoms with Crippen molar-refractivity contribution < 1.29 is 0 Å². The van der Waals surface area contributed by atoms with E-state index in [9.17, 15) is 9.59 Å². The predicted molar refractivity (Wildman–Crippen MR) is 127 cm³/mol. The maximum absolute atomic E-state index is 13.2. The zero-order valence-corrected chi connectivity index (χ0v) is 18.9.